The minimum absolute atomic E-state index is 0.0784. The lowest BCUT2D eigenvalue weighted by Crippen LogP contribution is -2.34. The van der Waals surface area contributed by atoms with Crippen molar-refractivity contribution in [2.75, 3.05) is 11.4 Å². The van der Waals surface area contributed by atoms with Crippen LogP contribution in [0.15, 0.2) is 78.9 Å². The molecule has 0 aliphatic carbocycles. The summed E-state index contributed by atoms with van der Waals surface area (Å²) in [6.45, 7) is 7.71. The van der Waals surface area contributed by atoms with E-state index in [0.717, 1.165) is 18.5 Å². The molecule has 0 N–H and O–H groups in total. The highest BCUT2D eigenvalue weighted by Crippen LogP contribution is 2.33. The van der Waals surface area contributed by atoms with Gasteiger partial charge in [-0.25, -0.2) is 0 Å². The van der Waals surface area contributed by atoms with E-state index in [0.29, 0.717) is 0 Å². The molecule has 1 heterocycles. The Balaban J connectivity index is 1.70. The van der Waals surface area contributed by atoms with Crippen molar-refractivity contribution in [3.05, 3.63) is 101 Å². The van der Waals surface area contributed by atoms with Crippen molar-refractivity contribution in [3.63, 3.8) is 0 Å². The van der Waals surface area contributed by atoms with Crippen molar-refractivity contribution in [3.8, 4) is 11.8 Å². The first-order chi connectivity index (χ1) is 13.5. The van der Waals surface area contributed by atoms with Crippen LogP contribution >= 0.6 is 0 Å². The molecule has 1 atom stereocenters. The zero-order chi connectivity index (χ0) is 19.6. The predicted molar refractivity (Wildman–Crippen MR) is 119 cm³/mol. The smallest absolute Gasteiger partial charge is 0.117 e. The van der Waals surface area contributed by atoms with E-state index in [9.17, 15) is 0 Å². The average molecular weight is 366 g/mol. The van der Waals surface area contributed by atoms with Gasteiger partial charge in [-0.2, -0.15) is 0 Å². The normalized spacial score (nSPS) is 16.1. The fraction of sp³-hybridized carbons (Fsp3) is 0.259. The second kappa shape index (κ2) is 7.56. The van der Waals surface area contributed by atoms with E-state index in [1.54, 1.807) is 0 Å². The zero-order valence-corrected chi connectivity index (χ0v) is 16.9. The van der Waals surface area contributed by atoms with Gasteiger partial charge >= 0.3 is 0 Å². The van der Waals surface area contributed by atoms with Crippen LogP contribution in [-0.2, 0) is 11.8 Å². The Bertz CT molecular complexity index is 998. The highest BCUT2D eigenvalue weighted by Gasteiger charge is 2.25. The van der Waals surface area contributed by atoms with Crippen molar-refractivity contribution in [2.24, 2.45) is 0 Å². The van der Waals surface area contributed by atoms with E-state index in [2.05, 4.69) is 116 Å². The Kier molecular flexibility index (Phi) is 4.97. The maximum absolute atomic E-state index is 3.58. The van der Waals surface area contributed by atoms with Gasteiger partial charge < -0.3 is 4.90 Å². The molecule has 0 spiro atoms. The van der Waals surface area contributed by atoms with Crippen LogP contribution < -0.4 is 4.90 Å². The second-order valence-corrected chi connectivity index (χ2v) is 8.48. The first-order valence-electron chi connectivity index (χ1n) is 10.0. The summed E-state index contributed by atoms with van der Waals surface area (Å²) < 4.78 is 0. The van der Waals surface area contributed by atoms with E-state index < -0.39 is 0 Å². The standard InChI is InChI=1S/C27H27N/c1-27(2,3)23-16-13-21(14-17-23)15-18-26-25-12-8-7-9-22(25)19-20-28(26)24-10-5-4-6-11-24/h4-14,16-17,26H,19-20H2,1-3H3. The number of anilines is 1. The molecule has 0 aromatic heterocycles. The highest BCUT2D eigenvalue weighted by molar-refractivity contribution is 5.56. The summed E-state index contributed by atoms with van der Waals surface area (Å²) in [5.41, 5.74) is 6.56. The Morgan fingerprint density at radius 2 is 1.50 bits per heavy atom. The minimum atomic E-state index is 0.0784. The van der Waals surface area contributed by atoms with Gasteiger partial charge in [0.15, 0.2) is 0 Å². The topological polar surface area (TPSA) is 3.24 Å². The molecular formula is C27H27N. The van der Waals surface area contributed by atoms with E-state index in [1.165, 1.54) is 22.4 Å². The van der Waals surface area contributed by atoms with Crippen molar-refractivity contribution >= 4 is 5.69 Å². The Hall–Kier alpha value is -2.98. The van der Waals surface area contributed by atoms with Gasteiger partial charge in [0.05, 0.1) is 0 Å². The maximum Gasteiger partial charge on any atom is 0.117 e. The van der Waals surface area contributed by atoms with Crippen LogP contribution in [0.5, 0.6) is 0 Å². The molecule has 0 amide bonds. The number of nitrogens with zero attached hydrogens (tertiary/aromatic N) is 1. The Labute approximate surface area is 169 Å². The van der Waals surface area contributed by atoms with Crippen LogP contribution in [0.25, 0.3) is 0 Å². The van der Waals surface area contributed by atoms with Crippen LogP contribution in [0.1, 0.15) is 49.1 Å². The van der Waals surface area contributed by atoms with E-state index in [4.69, 9.17) is 0 Å². The summed E-state index contributed by atoms with van der Waals surface area (Å²) in [7, 11) is 0. The number of hydrogen-bond donors (Lipinski definition) is 0. The van der Waals surface area contributed by atoms with Crippen LogP contribution in [0, 0.1) is 11.8 Å². The average Bonchev–Trinajstić information content (AvgIpc) is 2.72. The highest BCUT2D eigenvalue weighted by atomic mass is 15.2. The van der Waals surface area contributed by atoms with Crippen LogP contribution in [0.3, 0.4) is 0 Å². The molecule has 1 nitrogen and oxygen atoms in total. The van der Waals surface area contributed by atoms with Gasteiger partial charge in [-0.3, -0.25) is 0 Å². The largest absolute Gasteiger partial charge is 0.353 e. The van der Waals surface area contributed by atoms with Crippen molar-refractivity contribution < 1.29 is 0 Å². The molecule has 1 aliphatic rings. The van der Waals surface area contributed by atoms with Gasteiger partial charge in [-0.05, 0) is 52.8 Å². The molecule has 3 aromatic carbocycles. The fourth-order valence-corrected chi connectivity index (χ4v) is 3.83. The molecule has 0 saturated heterocycles. The molecule has 1 aliphatic heterocycles. The number of rotatable bonds is 1. The summed E-state index contributed by atoms with van der Waals surface area (Å²) in [6, 6.07) is 28.1. The first kappa shape index (κ1) is 18.4. The molecule has 0 radical (unpaired) electrons. The molecular weight excluding hydrogens is 338 g/mol. The van der Waals surface area contributed by atoms with Gasteiger partial charge in [0.1, 0.15) is 6.04 Å². The molecule has 28 heavy (non-hydrogen) atoms. The predicted octanol–water partition coefficient (Wildman–Crippen LogP) is 6.14. The lowest BCUT2D eigenvalue weighted by molar-refractivity contribution is 0.590. The lowest BCUT2D eigenvalue weighted by Gasteiger charge is -2.36. The van der Waals surface area contributed by atoms with Crippen molar-refractivity contribution in [2.45, 2.75) is 38.6 Å². The molecule has 0 fully saturated rings. The molecule has 0 bridgehead atoms. The summed E-state index contributed by atoms with van der Waals surface area (Å²) in [4.78, 5) is 2.43. The number of fused-ring (bicyclic) bond motifs is 1. The summed E-state index contributed by atoms with van der Waals surface area (Å²) in [5, 5.41) is 0. The van der Waals surface area contributed by atoms with Gasteiger partial charge in [-0.1, -0.05) is 87.2 Å². The Morgan fingerprint density at radius 1 is 0.821 bits per heavy atom. The van der Waals surface area contributed by atoms with Crippen molar-refractivity contribution in [1.82, 2.24) is 0 Å². The Morgan fingerprint density at radius 3 is 2.21 bits per heavy atom. The second-order valence-electron chi connectivity index (χ2n) is 8.48. The SMILES string of the molecule is CC(C)(C)c1ccc(C#CC2c3ccccc3CCN2c2ccccc2)cc1. The number of para-hydroxylation sites is 1. The molecule has 140 valence electrons. The van der Waals surface area contributed by atoms with Gasteiger partial charge in [0.2, 0.25) is 0 Å². The molecule has 4 rings (SSSR count). The maximum atomic E-state index is 3.58. The van der Waals surface area contributed by atoms with Crippen molar-refractivity contribution in [1.29, 1.82) is 0 Å². The minimum Gasteiger partial charge on any atom is -0.353 e. The molecule has 1 heteroatoms. The number of hydrogen-bond acceptors (Lipinski definition) is 1. The van der Waals surface area contributed by atoms with Crippen LogP contribution in [0.4, 0.5) is 5.69 Å². The van der Waals surface area contributed by atoms with E-state index in [1.807, 2.05) is 0 Å². The monoisotopic (exact) mass is 365 g/mol. The molecule has 0 saturated carbocycles. The van der Waals surface area contributed by atoms with Gasteiger partial charge in [-0.15, -0.1) is 0 Å². The van der Waals surface area contributed by atoms with Gasteiger partial charge in [0.25, 0.3) is 0 Å². The summed E-state index contributed by atoms with van der Waals surface area (Å²) >= 11 is 0. The van der Waals surface area contributed by atoms with Crippen LogP contribution in [0.2, 0.25) is 0 Å². The quantitative estimate of drug-likeness (QED) is 0.468. The first-order valence-corrected chi connectivity index (χ1v) is 10.0. The fourth-order valence-electron chi connectivity index (χ4n) is 3.83. The summed E-state index contributed by atoms with van der Waals surface area (Å²) in [5.74, 6) is 7.02. The third kappa shape index (κ3) is 3.82. The molecule has 3 aromatic rings. The van der Waals surface area contributed by atoms with Gasteiger partial charge in [0, 0.05) is 17.8 Å². The zero-order valence-electron chi connectivity index (χ0n) is 16.9. The third-order valence-corrected chi connectivity index (χ3v) is 5.48. The summed E-state index contributed by atoms with van der Waals surface area (Å²) in [6.07, 6.45) is 1.06. The third-order valence-electron chi connectivity index (χ3n) is 5.48. The van der Waals surface area contributed by atoms with Crippen LogP contribution in [-0.4, -0.2) is 6.54 Å². The van der Waals surface area contributed by atoms with E-state index >= 15 is 0 Å². The molecule has 1 unspecified atom stereocenters. The number of benzene rings is 3. The van der Waals surface area contributed by atoms with E-state index in [-0.39, 0.29) is 11.5 Å². The lowest BCUT2D eigenvalue weighted by atomic mass is 9.87.